The molecule has 3 nitrogen and oxygen atoms in total. The van der Waals surface area contributed by atoms with Gasteiger partial charge in [0.2, 0.25) is 0 Å². The fourth-order valence-electron chi connectivity index (χ4n) is 1.03. The van der Waals surface area contributed by atoms with Crippen molar-refractivity contribution in [3.63, 3.8) is 0 Å². The van der Waals surface area contributed by atoms with Crippen molar-refractivity contribution < 1.29 is 5.11 Å². The fraction of sp³-hybridized carbons (Fsp3) is 1.00. The maximum Gasteiger partial charge on any atom is 0.193 e. The predicted molar refractivity (Wildman–Crippen MR) is 38.8 cm³/mol. The molecule has 1 N–H and O–H groups in total. The van der Waals surface area contributed by atoms with Crippen LogP contribution in [0.4, 0.5) is 0 Å². The molecule has 58 valence electrons. The first-order valence-corrected chi connectivity index (χ1v) is 3.88. The second-order valence-electron chi connectivity index (χ2n) is 2.76. The van der Waals surface area contributed by atoms with Crippen molar-refractivity contribution in [3.05, 3.63) is 0 Å². The van der Waals surface area contributed by atoms with Crippen molar-refractivity contribution >= 4 is 0 Å². The van der Waals surface area contributed by atoms with Gasteiger partial charge in [-0.25, -0.2) is 0 Å². The van der Waals surface area contributed by atoms with Crippen LogP contribution in [-0.2, 0) is 0 Å². The first-order chi connectivity index (χ1) is 4.83. The zero-order valence-corrected chi connectivity index (χ0v) is 6.38. The zero-order chi connectivity index (χ0) is 7.45. The summed E-state index contributed by atoms with van der Waals surface area (Å²) < 4.78 is 0. The van der Waals surface area contributed by atoms with Crippen LogP contribution in [0.1, 0.15) is 32.6 Å². The lowest BCUT2D eigenvalue weighted by atomic mass is 10.0. The van der Waals surface area contributed by atoms with Gasteiger partial charge in [0.05, 0.1) is 0 Å². The van der Waals surface area contributed by atoms with Gasteiger partial charge in [-0.1, -0.05) is 13.3 Å². The molecule has 0 amide bonds. The molecule has 1 aliphatic rings. The van der Waals surface area contributed by atoms with Crippen molar-refractivity contribution in [2.24, 2.45) is 10.2 Å². The maximum atomic E-state index is 8.62. The minimum Gasteiger partial charge on any atom is -0.396 e. The van der Waals surface area contributed by atoms with E-state index in [2.05, 4.69) is 17.2 Å². The van der Waals surface area contributed by atoms with Crippen LogP contribution >= 0.6 is 0 Å². The Morgan fingerprint density at radius 3 is 2.40 bits per heavy atom. The van der Waals surface area contributed by atoms with E-state index in [4.69, 9.17) is 5.11 Å². The Morgan fingerprint density at radius 1 is 1.30 bits per heavy atom. The van der Waals surface area contributed by atoms with Gasteiger partial charge >= 0.3 is 0 Å². The van der Waals surface area contributed by atoms with Crippen molar-refractivity contribution in [2.75, 3.05) is 6.61 Å². The fourth-order valence-corrected chi connectivity index (χ4v) is 1.03. The highest BCUT2D eigenvalue weighted by molar-refractivity contribution is 4.92. The van der Waals surface area contributed by atoms with E-state index in [1.165, 1.54) is 6.42 Å². The monoisotopic (exact) mass is 142 g/mol. The molecule has 10 heavy (non-hydrogen) atoms. The quantitative estimate of drug-likeness (QED) is 0.624. The Kier molecular flexibility index (Phi) is 2.38. The molecular weight excluding hydrogens is 128 g/mol. The Balaban J connectivity index is 2.12. The molecule has 0 saturated heterocycles. The van der Waals surface area contributed by atoms with E-state index in [1.807, 2.05) is 0 Å². The molecule has 1 rings (SSSR count). The minimum absolute atomic E-state index is 0.148. The average molecular weight is 142 g/mol. The average Bonchev–Trinajstić information content (AvgIpc) is 2.67. The van der Waals surface area contributed by atoms with Gasteiger partial charge in [0, 0.05) is 13.0 Å². The highest BCUT2D eigenvalue weighted by Gasteiger charge is 2.37. The summed E-state index contributed by atoms with van der Waals surface area (Å²) in [4.78, 5) is 0. The largest absolute Gasteiger partial charge is 0.396 e. The van der Waals surface area contributed by atoms with Crippen LogP contribution in [0.15, 0.2) is 10.2 Å². The third-order valence-electron chi connectivity index (χ3n) is 1.83. The first-order valence-electron chi connectivity index (χ1n) is 3.88. The molecule has 0 radical (unpaired) electrons. The Labute approximate surface area is 61.2 Å². The molecule has 0 saturated carbocycles. The summed E-state index contributed by atoms with van der Waals surface area (Å²) in [6.07, 6.45) is 4.07. The van der Waals surface area contributed by atoms with Gasteiger partial charge < -0.3 is 5.11 Å². The molecule has 0 spiro atoms. The highest BCUT2D eigenvalue weighted by Crippen LogP contribution is 2.36. The van der Waals surface area contributed by atoms with Crippen molar-refractivity contribution in [3.8, 4) is 0 Å². The third-order valence-corrected chi connectivity index (χ3v) is 1.83. The Morgan fingerprint density at radius 2 is 2.00 bits per heavy atom. The summed E-state index contributed by atoms with van der Waals surface area (Å²) >= 11 is 0. The third kappa shape index (κ3) is 1.77. The Bertz CT molecular complexity index is 128. The molecule has 1 heterocycles. The van der Waals surface area contributed by atoms with Crippen molar-refractivity contribution in [1.29, 1.82) is 0 Å². The SMILES string of the molecule is CCCCC1(CCO)N=N1. The van der Waals surface area contributed by atoms with Gasteiger partial charge in [-0.15, -0.1) is 0 Å². The molecule has 0 atom stereocenters. The van der Waals surface area contributed by atoms with E-state index in [-0.39, 0.29) is 12.3 Å². The zero-order valence-electron chi connectivity index (χ0n) is 6.38. The second kappa shape index (κ2) is 3.10. The molecule has 0 aromatic rings. The molecule has 0 aliphatic carbocycles. The smallest absolute Gasteiger partial charge is 0.193 e. The number of aliphatic hydroxyl groups excluding tert-OH is 1. The van der Waals surface area contributed by atoms with Crippen molar-refractivity contribution in [1.82, 2.24) is 0 Å². The van der Waals surface area contributed by atoms with E-state index in [9.17, 15) is 0 Å². The lowest BCUT2D eigenvalue weighted by Gasteiger charge is -2.05. The maximum absolute atomic E-state index is 8.62. The van der Waals surface area contributed by atoms with Crippen LogP contribution < -0.4 is 0 Å². The van der Waals surface area contributed by atoms with Crippen LogP contribution in [0.5, 0.6) is 0 Å². The normalized spacial score (nSPS) is 19.4. The summed E-state index contributed by atoms with van der Waals surface area (Å²) in [7, 11) is 0. The van der Waals surface area contributed by atoms with Gasteiger partial charge in [0.15, 0.2) is 5.66 Å². The number of unbranched alkanes of at least 4 members (excludes halogenated alkanes) is 1. The van der Waals surface area contributed by atoms with Gasteiger partial charge in [-0.2, -0.15) is 10.2 Å². The molecule has 0 aromatic carbocycles. The molecule has 0 aromatic heterocycles. The topological polar surface area (TPSA) is 45.0 Å². The van der Waals surface area contributed by atoms with Gasteiger partial charge in [0.1, 0.15) is 0 Å². The molecule has 0 fully saturated rings. The van der Waals surface area contributed by atoms with E-state index in [0.29, 0.717) is 6.42 Å². The van der Waals surface area contributed by atoms with E-state index >= 15 is 0 Å². The lowest BCUT2D eigenvalue weighted by molar-refractivity contribution is 0.261. The molecule has 1 aliphatic heterocycles. The lowest BCUT2D eigenvalue weighted by Crippen LogP contribution is -2.12. The molecular formula is C7H14N2O. The number of hydrogen-bond donors (Lipinski definition) is 1. The minimum atomic E-state index is -0.148. The van der Waals surface area contributed by atoms with Crippen LogP contribution in [-0.4, -0.2) is 17.4 Å². The summed E-state index contributed by atoms with van der Waals surface area (Å²) in [5.41, 5.74) is -0.148. The predicted octanol–water partition coefficient (Wildman–Crippen LogP) is 1.72. The Hall–Kier alpha value is -0.440. The first kappa shape index (κ1) is 7.66. The second-order valence-corrected chi connectivity index (χ2v) is 2.76. The molecule has 3 heteroatoms. The highest BCUT2D eigenvalue weighted by atomic mass is 16.3. The van der Waals surface area contributed by atoms with Crippen molar-refractivity contribution in [2.45, 2.75) is 38.3 Å². The van der Waals surface area contributed by atoms with E-state index in [1.54, 1.807) is 0 Å². The number of hydrogen-bond acceptors (Lipinski definition) is 3. The van der Waals surface area contributed by atoms with E-state index in [0.717, 1.165) is 12.8 Å². The van der Waals surface area contributed by atoms with Crippen LogP contribution in [0.25, 0.3) is 0 Å². The number of aliphatic hydroxyl groups is 1. The van der Waals surface area contributed by atoms with Crippen LogP contribution in [0.2, 0.25) is 0 Å². The summed E-state index contributed by atoms with van der Waals surface area (Å²) in [5.74, 6) is 0. The number of rotatable bonds is 5. The number of nitrogens with zero attached hydrogens (tertiary/aromatic N) is 2. The van der Waals surface area contributed by atoms with E-state index < -0.39 is 0 Å². The standard InChI is InChI=1S/C7H14N2O/c1-2-3-4-7(5-6-10)8-9-7/h10H,2-6H2,1H3. The molecule has 0 bridgehead atoms. The summed E-state index contributed by atoms with van der Waals surface area (Å²) in [6.45, 7) is 2.35. The van der Waals surface area contributed by atoms with Gasteiger partial charge in [-0.3, -0.25) is 0 Å². The van der Waals surface area contributed by atoms with Crippen LogP contribution in [0.3, 0.4) is 0 Å². The molecule has 0 unspecified atom stereocenters. The van der Waals surface area contributed by atoms with Gasteiger partial charge in [0.25, 0.3) is 0 Å². The summed E-state index contributed by atoms with van der Waals surface area (Å²) in [6, 6.07) is 0. The van der Waals surface area contributed by atoms with Crippen LogP contribution in [0, 0.1) is 0 Å². The summed E-state index contributed by atoms with van der Waals surface area (Å²) in [5, 5.41) is 16.5. The van der Waals surface area contributed by atoms with Gasteiger partial charge in [-0.05, 0) is 12.8 Å².